The fourth-order valence-electron chi connectivity index (χ4n) is 9.58. The predicted octanol–water partition coefficient (Wildman–Crippen LogP) is 7.18. The molecule has 0 bridgehead atoms. The summed E-state index contributed by atoms with van der Waals surface area (Å²) in [5, 5.41) is 12.7. The number of benzene rings is 5. The normalized spacial score (nSPS) is 23.1. The van der Waals surface area contributed by atoms with Crippen molar-refractivity contribution in [3.63, 3.8) is 0 Å². The Morgan fingerprint density at radius 1 is 0.388 bits per heavy atom. The smallest absolute Gasteiger partial charge is 0.253 e. The lowest BCUT2D eigenvalue weighted by molar-refractivity contribution is -0.123. The molecular formula is C56H62N6O5. The van der Waals surface area contributed by atoms with Gasteiger partial charge < -0.3 is 26.2 Å². The molecule has 8 atom stereocenters. The third-order valence-electron chi connectivity index (χ3n) is 13.9. The first-order chi connectivity index (χ1) is 32.7. The van der Waals surface area contributed by atoms with Gasteiger partial charge in [-0.3, -0.25) is 28.9 Å². The van der Waals surface area contributed by atoms with Crippen LogP contribution in [0.1, 0.15) is 113 Å². The summed E-state index contributed by atoms with van der Waals surface area (Å²) in [4.78, 5) is 70.8. The van der Waals surface area contributed by atoms with Crippen LogP contribution in [-0.4, -0.2) is 89.7 Å². The number of amides is 5. The largest absolute Gasteiger partial charge is 0.353 e. The minimum absolute atomic E-state index is 0.00810. The SMILES string of the molecule is O=C(CCN(CCC(=O)N[C@H]1C[C@@H]1c1ccccc1)Cc1ccc(C(=O)N(CCC(=O)N[C@H]2C[C@@H]2c2ccccc2)CCC(=O)N[C@H]2C[C@@H]2c2ccccc2)cc1)N[C@H]1C[C@@H]1c1ccccc1. The molecule has 5 aromatic rings. The number of nitrogens with zero attached hydrogens (tertiary/aromatic N) is 2. The highest BCUT2D eigenvalue weighted by Gasteiger charge is 2.42. The van der Waals surface area contributed by atoms with Crippen LogP contribution in [0.4, 0.5) is 0 Å². The van der Waals surface area contributed by atoms with Crippen molar-refractivity contribution in [3.05, 3.63) is 179 Å². The van der Waals surface area contributed by atoms with Gasteiger partial charge in [-0.15, -0.1) is 0 Å². The Bertz CT molecular complexity index is 2330. The number of hydrogen-bond donors (Lipinski definition) is 4. The quantitative estimate of drug-likeness (QED) is 0.0548. The first-order valence-electron chi connectivity index (χ1n) is 24.2. The second-order valence-corrected chi connectivity index (χ2v) is 19.0. The van der Waals surface area contributed by atoms with E-state index in [1.165, 1.54) is 22.3 Å². The highest BCUT2D eigenvalue weighted by Crippen LogP contribution is 2.43. The van der Waals surface area contributed by atoms with Gasteiger partial charge in [0.1, 0.15) is 0 Å². The molecule has 0 saturated heterocycles. The zero-order valence-corrected chi connectivity index (χ0v) is 38.1. The fourth-order valence-corrected chi connectivity index (χ4v) is 9.58. The molecule has 11 nitrogen and oxygen atoms in total. The lowest BCUT2D eigenvalue weighted by Crippen LogP contribution is -2.39. The Morgan fingerprint density at radius 3 is 1.00 bits per heavy atom. The number of carbonyl (C=O) groups is 5. The molecule has 0 radical (unpaired) electrons. The molecule has 4 N–H and O–H groups in total. The summed E-state index contributed by atoms with van der Waals surface area (Å²) in [7, 11) is 0. The van der Waals surface area contributed by atoms with Crippen LogP contribution >= 0.6 is 0 Å². The summed E-state index contributed by atoms with van der Waals surface area (Å²) in [6.45, 7) is 1.78. The van der Waals surface area contributed by atoms with Crippen molar-refractivity contribution in [2.24, 2.45) is 0 Å². The third kappa shape index (κ3) is 12.9. The Hall–Kier alpha value is -6.59. The van der Waals surface area contributed by atoms with Gasteiger partial charge in [-0.05, 0) is 65.6 Å². The Labute approximate surface area is 394 Å². The minimum atomic E-state index is -0.248. The standard InChI is InChI=1S/C56H62N6O5/c63-52(57-48-33-44(48)39-13-5-1-6-14-39)25-29-61(30-26-53(64)58-49-34-45(49)40-15-7-2-8-16-40)37-38-21-23-43(24-22-38)56(67)62(31-27-54(65)59-50-35-46(50)41-17-9-3-10-18-41)32-28-55(66)60-51-36-47(51)42-19-11-4-12-20-42/h1-24,44-51H,25-37H2,(H,57,63)(H,58,64)(H,59,65)(H,60,66)/t44-,45-,46-,47-,48+,49+,50+,51+/m1/s1. The average Bonchev–Trinajstić information content (AvgIpc) is 4.16. The molecule has 9 rings (SSSR count). The number of hydrogen-bond acceptors (Lipinski definition) is 6. The van der Waals surface area contributed by atoms with Gasteiger partial charge >= 0.3 is 0 Å². The molecule has 0 aromatic heterocycles. The van der Waals surface area contributed by atoms with Crippen molar-refractivity contribution in [3.8, 4) is 0 Å². The van der Waals surface area contributed by atoms with E-state index in [-0.39, 0.29) is 79.6 Å². The maximum absolute atomic E-state index is 14.2. The van der Waals surface area contributed by atoms with Crippen molar-refractivity contribution in [1.82, 2.24) is 31.1 Å². The molecule has 0 unspecified atom stereocenters. The van der Waals surface area contributed by atoms with Crippen molar-refractivity contribution in [2.45, 2.75) is 106 Å². The molecule has 5 aromatic carbocycles. The molecule has 4 saturated carbocycles. The van der Waals surface area contributed by atoms with Crippen LogP contribution in [0.15, 0.2) is 146 Å². The van der Waals surface area contributed by atoms with Crippen molar-refractivity contribution in [1.29, 1.82) is 0 Å². The summed E-state index contributed by atoms with van der Waals surface area (Å²) in [5.41, 5.74) is 6.30. The highest BCUT2D eigenvalue weighted by molar-refractivity contribution is 5.95. The van der Waals surface area contributed by atoms with E-state index in [0.29, 0.717) is 61.7 Å². The van der Waals surface area contributed by atoms with E-state index in [9.17, 15) is 24.0 Å². The van der Waals surface area contributed by atoms with E-state index in [4.69, 9.17) is 0 Å². The zero-order chi connectivity index (χ0) is 46.1. The summed E-state index contributed by atoms with van der Waals surface area (Å²) in [6, 6.07) is 48.7. The van der Waals surface area contributed by atoms with E-state index >= 15 is 0 Å². The zero-order valence-electron chi connectivity index (χ0n) is 38.1. The fraction of sp³-hybridized carbons (Fsp3) is 0.375. The summed E-state index contributed by atoms with van der Waals surface area (Å²) >= 11 is 0. The summed E-state index contributed by atoms with van der Waals surface area (Å²) in [5.74, 6) is 0.766. The number of nitrogens with one attached hydrogen (secondary N) is 4. The number of carbonyl (C=O) groups excluding carboxylic acids is 5. The second kappa shape index (κ2) is 21.4. The molecule has 4 aliphatic rings. The number of rotatable bonds is 23. The first kappa shape index (κ1) is 45.6. The maximum atomic E-state index is 14.2. The van der Waals surface area contributed by atoms with E-state index in [0.717, 1.165) is 31.2 Å². The monoisotopic (exact) mass is 898 g/mol. The van der Waals surface area contributed by atoms with Crippen molar-refractivity contribution in [2.75, 3.05) is 26.2 Å². The van der Waals surface area contributed by atoms with Gasteiger partial charge in [0.05, 0.1) is 0 Å². The molecule has 4 fully saturated rings. The summed E-state index contributed by atoms with van der Waals surface area (Å²) in [6.07, 6.45) is 4.48. The van der Waals surface area contributed by atoms with Crippen molar-refractivity contribution >= 4 is 29.5 Å². The van der Waals surface area contributed by atoms with E-state index in [2.05, 4.69) is 74.7 Å². The van der Waals surface area contributed by atoms with Gasteiger partial charge in [0.2, 0.25) is 23.6 Å². The van der Waals surface area contributed by atoms with Gasteiger partial charge in [-0.25, -0.2) is 0 Å². The molecule has 4 aliphatic carbocycles. The van der Waals surface area contributed by atoms with Crippen LogP contribution in [0.2, 0.25) is 0 Å². The first-order valence-corrected chi connectivity index (χ1v) is 24.2. The average molecular weight is 899 g/mol. The van der Waals surface area contributed by atoms with E-state index in [1.54, 1.807) is 17.0 Å². The van der Waals surface area contributed by atoms with Gasteiger partial charge in [-0.2, -0.15) is 0 Å². The van der Waals surface area contributed by atoms with Crippen LogP contribution in [0.3, 0.4) is 0 Å². The van der Waals surface area contributed by atoms with Crippen molar-refractivity contribution < 1.29 is 24.0 Å². The van der Waals surface area contributed by atoms with Crippen LogP contribution in [0.25, 0.3) is 0 Å². The molecule has 11 heteroatoms. The lowest BCUT2D eigenvalue weighted by Gasteiger charge is -2.24. The van der Waals surface area contributed by atoms with Gasteiger partial charge in [0.15, 0.2) is 0 Å². The van der Waals surface area contributed by atoms with Gasteiger partial charge in [0, 0.05) is 112 Å². The van der Waals surface area contributed by atoms with E-state index < -0.39 is 0 Å². The molecule has 346 valence electrons. The summed E-state index contributed by atoms with van der Waals surface area (Å²) < 4.78 is 0. The van der Waals surface area contributed by atoms with E-state index in [1.807, 2.05) is 84.9 Å². The molecule has 0 aliphatic heterocycles. The Kier molecular flexibility index (Phi) is 14.5. The minimum Gasteiger partial charge on any atom is -0.353 e. The van der Waals surface area contributed by atoms with Gasteiger partial charge in [-0.1, -0.05) is 133 Å². The van der Waals surface area contributed by atoms with Crippen LogP contribution in [0.5, 0.6) is 0 Å². The molecule has 5 amide bonds. The van der Waals surface area contributed by atoms with Crippen LogP contribution < -0.4 is 21.3 Å². The molecule has 67 heavy (non-hydrogen) atoms. The van der Waals surface area contributed by atoms with Crippen LogP contribution in [-0.2, 0) is 25.7 Å². The maximum Gasteiger partial charge on any atom is 0.253 e. The molecular weight excluding hydrogens is 837 g/mol. The van der Waals surface area contributed by atoms with Crippen LogP contribution in [0, 0.1) is 0 Å². The molecule has 0 spiro atoms. The Morgan fingerprint density at radius 2 is 0.687 bits per heavy atom. The lowest BCUT2D eigenvalue weighted by atomic mass is 10.1. The molecule has 0 heterocycles. The third-order valence-corrected chi connectivity index (χ3v) is 13.9. The topological polar surface area (TPSA) is 140 Å². The highest BCUT2D eigenvalue weighted by atomic mass is 16.2. The second-order valence-electron chi connectivity index (χ2n) is 19.0. The predicted molar refractivity (Wildman–Crippen MR) is 259 cm³/mol. The van der Waals surface area contributed by atoms with Gasteiger partial charge in [0.25, 0.3) is 5.91 Å². The Balaban J connectivity index is 0.807.